The van der Waals surface area contributed by atoms with Gasteiger partial charge in [-0.25, -0.2) is 8.42 Å². The monoisotopic (exact) mass is 481 g/mol. The standard InChI is InChI=1S/C24H20ClN3O4S/c1-32-23-9-6-20(25)13-22(23)28-33(30,31)21-7-2-16(3-8-21)14-27-24(29)18-5-4-17-10-11-26-15-19(17)12-18/h2-13,15,28H,14H2,1H3,(H,27,29). The number of nitrogens with one attached hydrogen (secondary N) is 2. The molecule has 0 aliphatic carbocycles. The molecule has 0 aliphatic rings. The first-order valence-electron chi connectivity index (χ1n) is 9.93. The van der Waals surface area contributed by atoms with Crippen molar-refractivity contribution >= 4 is 44.0 Å². The number of carbonyl (C=O) groups is 1. The van der Waals surface area contributed by atoms with Crippen molar-refractivity contribution in [2.45, 2.75) is 11.4 Å². The van der Waals surface area contributed by atoms with E-state index in [9.17, 15) is 13.2 Å². The molecule has 0 unspecified atom stereocenters. The Morgan fingerprint density at radius 2 is 1.79 bits per heavy atom. The number of benzene rings is 3. The number of nitrogens with zero attached hydrogens (tertiary/aromatic N) is 1. The summed E-state index contributed by atoms with van der Waals surface area (Å²) < 4.78 is 33.2. The summed E-state index contributed by atoms with van der Waals surface area (Å²) >= 11 is 5.97. The first-order valence-corrected chi connectivity index (χ1v) is 11.8. The second-order valence-corrected chi connectivity index (χ2v) is 9.33. The predicted molar refractivity (Wildman–Crippen MR) is 128 cm³/mol. The summed E-state index contributed by atoms with van der Waals surface area (Å²) in [4.78, 5) is 16.7. The number of ether oxygens (including phenoxy) is 1. The molecule has 1 amide bonds. The third-order valence-corrected chi connectivity index (χ3v) is 6.61. The van der Waals surface area contributed by atoms with Gasteiger partial charge in [-0.15, -0.1) is 0 Å². The van der Waals surface area contributed by atoms with Crippen molar-refractivity contribution in [1.82, 2.24) is 10.3 Å². The lowest BCUT2D eigenvalue weighted by Gasteiger charge is -2.13. The lowest BCUT2D eigenvalue weighted by molar-refractivity contribution is 0.0951. The quantitative estimate of drug-likeness (QED) is 0.401. The van der Waals surface area contributed by atoms with Crippen LogP contribution in [0.1, 0.15) is 15.9 Å². The zero-order chi connectivity index (χ0) is 23.4. The van der Waals surface area contributed by atoms with Gasteiger partial charge in [0, 0.05) is 34.9 Å². The van der Waals surface area contributed by atoms with E-state index in [0.29, 0.717) is 16.3 Å². The molecule has 168 valence electrons. The van der Waals surface area contributed by atoms with Crippen LogP contribution in [0, 0.1) is 0 Å². The first kappa shape index (κ1) is 22.6. The maximum Gasteiger partial charge on any atom is 0.262 e. The number of aromatic nitrogens is 1. The summed E-state index contributed by atoms with van der Waals surface area (Å²) in [5.41, 5.74) is 1.52. The van der Waals surface area contributed by atoms with Gasteiger partial charge in [0.1, 0.15) is 5.75 Å². The van der Waals surface area contributed by atoms with E-state index in [4.69, 9.17) is 16.3 Å². The molecule has 7 nitrogen and oxygen atoms in total. The van der Waals surface area contributed by atoms with Gasteiger partial charge >= 0.3 is 0 Å². The Morgan fingerprint density at radius 3 is 2.55 bits per heavy atom. The summed E-state index contributed by atoms with van der Waals surface area (Å²) in [6, 6.07) is 18.2. The van der Waals surface area contributed by atoms with Gasteiger partial charge in [-0.1, -0.05) is 29.8 Å². The first-order chi connectivity index (χ1) is 15.9. The van der Waals surface area contributed by atoms with Crippen molar-refractivity contribution in [2.75, 3.05) is 11.8 Å². The minimum Gasteiger partial charge on any atom is -0.495 e. The van der Waals surface area contributed by atoms with Gasteiger partial charge in [-0.3, -0.25) is 14.5 Å². The molecule has 4 rings (SSSR count). The van der Waals surface area contributed by atoms with Gasteiger partial charge in [0.2, 0.25) is 0 Å². The van der Waals surface area contributed by atoms with Crippen LogP contribution in [-0.4, -0.2) is 26.4 Å². The molecular weight excluding hydrogens is 462 g/mol. The number of sulfonamides is 1. The fraction of sp³-hybridized carbons (Fsp3) is 0.0833. The molecule has 0 radical (unpaired) electrons. The zero-order valence-corrected chi connectivity index (χ0v) is 19.2. The molecular formula is C24H20ClN3O4S. The van der Waals surface area contributed by atoms with Crippen LogP contribution in [0.15, 0.2) is 84.0 Å². The summed E-state index contributed by atoms with van der Waals surface area (Å²) in [6.07, 6.45) is 3.41. The Labute approximate surface area is 196 Å². The molecule has 33 heavy (non-hydrogen) atoms. The van der Waals surface area contributed by atoms with Crippen molar-refractivity contribution in [3.8, 4) is 5.75 Å². The molecule has 0 saturated heterocycles. The van der Waals surface area contributed by atoms with Gasteiger partial charge in [0.15, 0.2) is 0 Å². The lowest BCUT2D eigenvalue weighted by atomic mass is 10.1. The minimum absolute atomic E-state index is 0.0710. The van der Waals surface area contributed by atoms with Gasteiger partial charge in [-0.2, -0.15) is 0 Å². The number of pyridine rings is 1. The summed E-state index contributed by atoms with van der Waals surface area (Å²) in [7, 11) is -2.41. The number of amides is 1. The van der Waals surface area contributed by atoms with Gasteiger partial charge in [0.05, 0.1) is 17.7 Å². The van der Waals surface area contributed by atoms with Crippen molar-refractivity contribution in [3.05, 3.63) is 95.3 Å². The van der Waals surface area contributed by atoms with Crippen molar-refractivity contribution in [3.63, 3.8) is 0 Å². The number of fused-ring (bicyclic) bond motifs is 1. The number of halogens is 1. The average Bonchev–Trinajstić information content (AvgIpc) is 2.82. The maximum absolute atomic E-state index is 12.8. The van der Waals surface area contributed by atoms with Crippen LogP contribution in [0.5, 0.6) is 5.75 Å². The molecule has 9 heteroatoms. The summed E-state index contributed by atoms with van der Waals surface area (Å²) in [5.74, 6) is 0.124. The van der Waals surface area contributed by atoms with E-state index in [0.717, 1.165) is 16.3 Å². The van der Waals surface area contributed by atoms with Crippen LogP contribution in [-0.2, 0) is 16.6 Å². The number of carbonyl (C=O) groups excluding carboxylic acids is 1. The Morgan fingerprint density at radius 1 is 1.00 bits per heavy atom. The van der Waals surface area contributed by atoms with Crippen molar-refractivity contribution < 1.29 is 17.9 Å². The fourth-order valence-corrected chi connectivity index (χ4v) is 4.49. The highest BCUT2D eigenvalue weighted by atomic mass is 35.5. The van der Waals surface area contributed by atoms with E-state index in [1.54, 1.807) is 48.8 Å². The van der Waals surface area contributed by atoms with E-state index >= 15 is 0 Å². The van der Waals surface area contributed by atoms with Crippen LogP contribution in [0.25, 0.3) is 10.8 Å². The van der Waals surface area contributed by atoms with Crippen LogP contribution in [0.2, 0.25) is 5.02 Å². The molecule has 0 saturated carbocycles. The number of hydrogen-bond acceptors (Lipinski definition) is 5. The van der Waals surface area contributed by atoms with Gasteiger partial charge in [0.25, 0.3) is 15.9 Å². The van der Waals surface area contributed by atoms with Crippen molar-refractivity contribution in [2.24, 2.45) is 0 Å². The Kier molecular flexibility index (Phi) is 6.48. The fourth-order valence-electron chi connectivity index (χ4n) is 3.26. The Balaban J connectivity index is 1.43. The largest absolute Gasteiger partial charge is 0.495 e. The van der Waals surface area contributed by atoms with E-state index in [2.05, 4.69) is 15.0 Å². The molecule has 1 aromatic heterocycles. The Hall–Kier alpha value is -3.62. The zero-order valence-electron chi connectivity index (χ0n) is 17.6. The topological polar surface area (TPSA) is 97.4 Å². The average molecular weight is 482 g/mol. The lowest BCUT2D eigenvalue weighted by Crippen LogP contribution is -2.22. The second-order valence-electron chi connectivity index (χ2n) is 7.21. The van der Waals surface area contributed by atoms with Crippen LogP contribution < -0.4 is 14.8 Å². The summed E-state index contributed by atoms with van der Waals surface area (Å²) in [6.45, 7) is 0.250. The number of hydrogen-bond donors (Lipinski definition) is 2. The third-order valence-electron chi connectivity index (χ3n) is 5.00. The predicted octanol–water partition coefficient (Wildman–Crippen LogP) is 4.63. The number of anilines is 1. The van der Waals surface area contributed by atoms with Gasteiger partial charge < -0.3 is 10.1 Å². The maximum atomic E-state index is 12.8. The van der Waals surface area contributed by atoms with Crippen LogP contribution >= 0.6 is 11.6 Å². The molecule has 0 atom stereocenters. The Bertz CT molecular complexity index is 1420. The normalized spacial score (nSPS) is 11.2. The molecule has 0 spiro atoms. The molecule has 0 aliphatic heterocycles. The highest BCUT2D eigenvalue weighted by Crippen LogP contribution is 2.29. The van der Waals surface area contributed by atoms with E-state index < -0.39 is 10.0 Å². The molecule has 4 aromatic rings. The second kappa shape index (κ2) is 9.48. The SMILES string of the molecule is COc1ccc(Cl)cc1NS(=O)(=O)c1ccc(CNC(=O)c2ccc3ccncc3c2)cc1. The van der Waals surface area contributed by atoms with Gasteiger partial charge in [-0.05, 0) is 59.5 Å². The molecule has 2 N–H and O–H groups in total. The molecule has 3 aromatic carbocycles. The van der Waals surface area contributed by atoms with E-state index in [1.807, 2.05) is 12.1 Å². The smallest absolute Gasteiger partial charge is 0.262 e. The third kappa shape index (κ3) is 5.24. The van der Waals surface area contributed by atoms with Crippen molar-refractivity contribution in [1.29, 1.82) is 0 Å². The minimum atomic E-state index is -3.86. The van der Waals surface area contributed by atoms with E-state index in [-0.39, 0.29) is 23.0 Å². The van der Waals surface area contributed by atoms with Crippen LogP contribution in [0.3, 0.4) is 0 Å². The van der Waals surface area contributed by atoms with E-state index in [1.165, 1.54) is 25.3 Å². The molecule has 1 heterocycles. The highest BCUT2D eigenvalue weighted by Gasteiger charge is 2.17. The summed E-state index contributed by atoms with van der Waals surface area (Å²) in [5, 5.41) is 5.10. The number of rotatable bonds is 7. The van der Waals surface area contributed by atoms with Crippen LogP contribution in [0.4, 0.5) is 5.69 Å². The molecule has 0 bridgehead atoms. The number of methoxy groups -OCH3 is 1. The highest BCUT2D eigenvalue weighted by molar-refractivity contribution is 7.92. The molecule has 0 fully saturated rings.